The largest absolute Gasteiger partial charge is 0.481 e. The van der Waals surface area contributed by atoms with Crippen LogP contribution in [0.2, 0.25) is 10.0 Å². The molecule has 0 heterocycles. The molecular weight excluding hydrogens is 289 g/mol. The highest BCUT2D eigenvalue weighted by Gasteiger charge is 2.37. The molecule has 0 unspecified atom stereocenters. The summed E-state index contributed by atoms with van der Waals surface area (Å²) in [4.78, 5) is 23.2. The Hall–Kier alpha value is -1.26. The Labute approximate surface area is 120 Å². The van der Waals surface area contributed by atoms with Gasteiger partial charge < -0.3 is 10.4 Å². The molecule has 0 aromatic heterocycles. The van der Waals surface area contributed by atoms with Gasteiger partial charge in [-0.25, -0.2) is 0 Å². The van der Waals surface area contributed by atoms with E-state index >= 15 is 0 Å². The van der Waals surface area contributed by atoms with Crippen LogP contribution in [0.5, 0.6) is 0 Å². The zero-order valence-corrected chi connectivity index (χ0v) is 11.5. The summed E-state index contributed by atoms with van der Waals surface area (Å²) < 4.78 is 0. The molecule has 2 rings (SSSR count). The van der Waals surface area contributed by atoms with Gasteiger partial charge in [-0.05, 0) is 25.0 Å². The van der Waals surface area contributed by atoms with E-state index in [9.17, 15) is 9.59 Å². The van der Waals surface area contributed by atoms with E-state index in [0.717, 1.165) is 6.42 Å². The third-order valence-corrected chi connectivity index (χ3v) is 4.20. The SMILES string of the molecule is O=C(O)[C@H]1CCC[C@H]1C(=O)Nc1cccc(Cl)c1Cl. The molecule has 6 heteroatoms. The van der Waals surface area contributed by atoms with Gasteiger partial charge in [0.1, 0.15) is 0 Å². The topological polar surface area (TPSA) is 66.4 Å². The molecule has 0 spiro atoms. The van der Waals surface area contributed by atoms with Gasteiger partial charge in [-0.2, -0.15) is 0 Å². The predicted octanol–water partition coefficient (Wildman–Crippen LogP) is 3.43. The summed E-state index contributed by atoms with van der Waals surface area (Å²) in [6.07, 6.45) is 1.87. The van der Waals surface area contributed by atoms with E-state index < -0.39 is 17.8 Å². The molecular formula is C13H13Cl2NO3. The minimum absolute atomic E-state index is 0.266. The number of nitrogens with one attached hydrogen (secondary N) is 1. The second-order valence-electron chi connectivity index (χ2n) is 4.57. The smallest absolute Gasteiger partial charge is 0.307 e. The zero-order valence-electron chi connectivity index (χ0n) is 10.0. The first-order valence-electron chi connectivity index (χ1n) is 5.98. The van der Waals surface area contributed by atoms with Crippen molar-refractivity contribution in [1.82, 2.24) is 0 Å². The number of aliphatic carboxylic acids is 1. The summed E-state index contributed by atoms with van der Waals surface area (Å²) in [6.45, 7) is 0. The first-order valence-corrected chi connectivity index (χ1v) is 6.74. The Balaban J connectivity index is 2.13. The number of hydrogen-bond acceptors (Lipinski definition) is 2. The number of hydrogen-bond donors (Lipinski definition) is 2. The van der Waals surface area contributed by atoms with Crippen LogP contribution in [0.15, 0.2) is 18.2 Å². The van der Waals surface area contributed by atoms with Gasteiger partial charge in [0, 0.05) is 0 Å². The molecule has 2 atom stereocenters. The summed E-state index contributed by atoms with van der Waals surface area (Å²) in [5.41, 5.74) is 0.412. The van der Waals surface area contributed by atoms with Crippen LogP contribution in [0.4, 0.5) is 5.69 Å². The minimum Gasteiger partial charge on any atom is -0.481 e. The molecule has 1 aliphatic rings. The van der Waals surface area contributed by atoms with Crippen molar-refractivity contribution in [3.63, 3.8) is 0 Å². The summed E-state index contributed by atoms with van der Waals surface area (Å²) in [5.74, 6) is -2.35. The van der Waals surface area contributed by atoms with E-state index in [1.165, 1.54) is 0 Å². The van der Waals surface area contributed by atoms with E-state index in [4.69, 9.17) is 28.3 Å². The fourth-order valence-electron chi connectivity index (χ4n) is 2.40. The molecule has 1 amide bonds. The summed E-state index contributed by atoms with van der Waals surface area (Å²) in [5, 5.41) is 12.3. The van der Waals surface area contributed by atoms with E-state index in [1.807, 2.05) is 0 Å². The number of rotatable bonds is 3. The Bertz CT molecular complexity index is 519. The fraction of sp³-hybridized carbons (Fsp3) is 0.385. The second-order valence-corrected chi connectivity index (χ2v) is 5.36. The molecule has 0 saturated heterocycles. The quantitative estimate of drug-likeness (QED) is 0.899. The average Bonchev–Trinajstić information content (AvgIpc) is 2.84. The Morgan fingerprint density at radius 1 is 1.21 bits per heavy atom. The molecule has 0 radical (unpaired) electrons. The molecule has 1 aromatic carbocycles. The molecule has 0 bridgehead atoms. The first-order chi connectivity index (χ1) is 9.00. The van der Waals surface area contributed by atoms with Gasteiger partial charge in [-0.1, -0.05) is 35.7 Å². The van der Waals surface area contributed by atoms with E-state index in [1.54, 1.807) is 18.2 Å². The summed E-state index contributed by atoms with van der Waals surface area (Å²) in [7, 11) is 0. The zero-order chi connectivity index (χ0) is 14.0. The van der Waals surface area contributed by atoms with Crippen LogP contribution in [0, 0.1) is 11.8 Å². The number of carboxylic acid groups (broad SMARTS) is 1. The third-order valence-electron chi connectivity index (χ3n) is 3.38. The molecule has 102 valence electrons. The highest BCUT2D eigenvalue weighted by atomic mass is 35.5. The monoisotopic (exact) mass is 301 g/mol. The summed E-state index contributed by atoms with van der Waals surface area (Å²) in [6, 6.07) is 4.93. The van der Waals surface area contributed by atoms with Crippen LogP contribution in [0.3, 0.4) is 0 Å². The standard InChI is InChI=1S/C13H13Cl2NO3/c14-9-5-2-6-10(11(9)15)16-12(17)7-3-1-4-8(7)13(18)19/h2,5-8H,1,3-4H2,(H,16,17)(H,18,19)/t7-,8+/m1/s1. The average molecular weight is 302 g/mol. The van der Waals surface area contributed by atoms with Crippen LogP contribution in [-0.4, -0.2) is 17.0 Å². The van der Waals surface area contributed by atoms with Gasteiger partial charge in [0.05, 0.1) is 27.6 Å². The number of carboxylic acids is 1. The lowest BCUT2D eigenvalue weighted by Gasteiger charge is -2.16. The van der Waals surface area contributed by atoms with E-state index in [0.29, 0.717) is 23.6 Å². The molecule has 1 aromatic rings. The molecule has 0 aliphatic heterocycles. The highest BCUT2D eigenvalue weighted by molar-refractivity contribution is 6.44. The lowest BCUT2D eigenvalue weighted by Crippen LogP contribution is -2.30. The van der Waals surface area contributed by atoms with Crippen molar-refractivity contribution in [3.8, 4) is 0 Å². The van der Waals surface area contributed by atoms with E-state index in [-0.39, 0.29) is 10.9 Å². The number of benzene rings is 1. The maximum Gasteiger partial charge on any atom is 0.307 e. The van der Waals surface area contributed by atoms with Gasteiger partial charge in [-0.15, -0.1) is 0 Å². The fourth-order valence-corrected chi connectivity index (χ4v) is 2.74. The first kappa shape index (κ1) is 14.2. The van der Waals surface area contributed by atoms with Crippen molar-refractivity contribution >= 4 is 40.8 Å². The minimum atomic E-state index is -0.921. The summed E-state index contributed by atoms with van der Waals surface area (Å²) >= 11 is 11.8. The third kappa shape index (κ3) is 3.01. The van der Waals surface area contributed by atoms with Crippen LogP contribution in [-0.2, 0) is 9.59 Å². The van der Waals surface area contributed by atoms with Crippen LogP contribution in [0.25, 0.3) is 0 Å². The van der Waals surface area contributed by atoms with Crippen molar-refractivity contribution in [3.05, 3.63) is 28.2 Å². The second kappa shape index (κ2) is 5.80. The van der Waals surface area contributed by atoms with Gasteiger partial charge in [0.25, 0.3) is 0 Å². The Kier molecular flexibility index (Phi) is 4.32. The van der Waals surface area contributed by atoms with Gasteiger partial charge >= 0.3 is 5.97 Å². The molecule has 1 aliphatic carbocycles. The molecule has 19 heavy (non-hydrogen) atoms. The molecule has 1 fully saturated rings. The maximum absolute atomic E-state index is 12.1. The number of anilines is 1. The van der Waals surface area contributed by atoms with Gasteiger partial charge in [0.15, 0.2) is 0 Å². The van der Waals surface area contributed by atoms with E-state index in [2.05, 4.69) is 5.32 Å². The van der Waals surface area contributed by atoms with Crippen molar-refractivity contribution in [2.24, 2.45) is 11.8 Å². The van der Waals surface area contributed by atoms with Crippen molar-refractivity contribution in [2.75, 3.05) is 5.32 Å². The Morgan fingerprint density at radius 2 is 1.89 bits per heavy atom. The van der Waals surface area contributed by atoms with Crippen molar-refractivity contribution < 1.29 is 14.7 Å². The lowest BCUT2D eigenvalue weighted by molar-refractivity contribution is -0.145. The number of carbonyl (C=O) groups excluding carboxylic acids is 1. The van der Waals surface area contributed by atoms with Crippen LogP contribution < -0.4 is 5.32 Å². The van der Waals surface area contributed by atoms with Crippen molar-refractivity contribution in [1.29, 1.82) is 0 Å². The van der Waals surface area contributed by atoms with Gasteiger partial charge in [0.2, 0.25) is 5.91 Å². The number of amides is 1. The molecule has 2 N–H and O–H groups in total. The number of carbonyl (C=O) groups is 2. The van der Waals surface area contributed by atoms with Crippen molar-refractivity contribution in [2.45, 2.75) is 19.3 Å². The Morgan fingerprint density at radius 3 is 2.58 bits per heavy atom. The molecule has 4 nitrogen and oxygen atoms in total. The maximum atomic E-state index is 12.1. The highest BCUT2D eigenvalue weighted by Crippen LogP contribution is 2.34. The molecule has 1 saturated carbocycles. The number of halogens is 2. The van der Waals surface area contributed by atoms with Crippen LogP contribution >= 0.6 is 23.2 Å². The predicted molar refractivity (Wildman–Crippen MR) is 73.6 cm³/mol. The van der Waals surface area contributed by atoms with Gasteiger partial charge in [-0.3, -0.25) is 9.59 Å². The lowest BCUT2D eigenvalue weighted by atomic mass is 9.95. The normalized spacial score (nSPS) is 22.2. The van der Waals surface area contributed by atoms with Crippen LogP contribution in [0.1, 0.15) is 19.3 Å².